The van der Waals surface area contributed by atoms with Crippen molar-refractivity contribution in [3.63, 3.8) is 0 Å². The fourth-order valence-electron chi connectivity index (χ4n) is 3.97. The van der Waals surface area contributed by atoms with Crippen molar-refractivity contribution in [1.29, 1.82) is 0 Å². The van der Waals surface area contributed by atoms with Gasteiger partial charge in [0.25, 0.3) is 0 Å². The first-order valence-electron chi connectivity index (χ1n) is 9.78. The fraction of sp³-hybridized carbons (Fsp3) is 0.409. The molecule has 4 rings (SSSR count). The highest BCUT2D eigenvalue weighted by Gasteiger charge is 2.29. The van der Waals surface area contributed by atoms with Gasteiger partial charge in [-0.3, -0.25) is 9.69 Å². The van der Waals surface area contributed by atoms with Gasteiger partial charge < -0.3 is 14.8 Å². The van der Waals surface area contributed by atoms with E-state index in [4.69, 9.17) is 9.47 Å². The van der Waals surface area contributed by atoms with Crippen LogP contribution in [0.15, 0.2) is 42.5 Å². The van der Waals surface area contributed by atoms with Gasteiger partial charge in [-0.05, 0) is 61.7 Å². The number of halogens is 1. The Bertz CT molecular complexity index is 840. The van der Waals surface area contributed by atoms with E-state index in [1.807, 2.05) is 19.1 Å². The van der Waals surface area contributed by atoms with E-state index >= 15 is 0 Å². The van der Waals surface area contributed by atoms with Gasteiger partial charge in [-0.15, -0.1) is 0 Å². The van der Waals surface area contributed by atoms with E-state index in [-0.39, 0.29) is 23.8 Å². The smallest absolute Gasteiger partial charge is 0.234 e. The average molecular weight is 384 g/mol. The van der Waals surface area contributed by atoms with Crippen molar-refractivity contribution >= 4 is 5.91 Å². The zero-order valence-corrected chi connectivity index (χ0v) is 16.0. The molecule has 1 N–H and O–H groups in total. The average Bonchev–Trinajstić information content (AvgIpc) is 3.16. The number of nitrogens with one attached hydrogen (secondary N) is 1. The lowest BCUT2D eigenvalue weighted by Gasteiger charge is -2.26. The molecule has 0 unspecified atom stereocenters. The van der Waals surface area contributed by atoms with E-state index in [2.05, 4.69) is 16.3 Å². The second-order valence-corrected chi connectivity index (χ2v) is 7.37. The van der Waals surface area contributed by atoms with Gasteiger partial charge in [0, 0.05) is 6.04 Å². The SMILES string of the molecule is C[C@@H](NC(=O)CN1CCC[C@@H]1c1ccc2c(c1)OCCO2)c1ccc(F)cc1. The molecule has 0 spiro atoms. The summed E-state index contributed by atoms with van der Waals surface area (Å²) in [6.45, 7) is 4.28. The first kappa shape index (κ1) is 18.7. The fourth-order valence-corrected chi connectivity index (χ4v) is 3.97. The van der Waals surface area contributed by atoms with Crippen LogP contribution in [0.25, 0.3) is 0 Å². The molecule has 0 radical (unpaired) electrons. The van der Waals surface area contributed by atoms with Crippen LogP contribution in [0.1, 0.15) is 43.0 Å². The molecule has 1 fully saturated rings. The zero-order chi connectivity index (χ0) is 19.5. The molecule has 2 aromatic carbocycles. The predicted octanol–water partition coefficient (Wildman–Crippen LogP) is 3.61. The van der Waals surface area contributed by atoms with Gasteiger partial charge in [-0.1, -0.05) is 18.2 Å². The first-order valence-corrected chi connectivity index (χ1v) is 9.78. The van der Waals surface area contributed by atoms with Gasteiger partial charge in [-0.25, -0.2) is 4.39 Å². The van der Waals surface area contributed by atoms with E-state index in [0.29, 0.717) is 19.8 Å². The minimum absolute atomic E-state index is 0.0266. The molecule has 2 atom stereocenters. The zero-order valence-electron chi connectivity index (χ0n) is 16.0. The Kier molecular flexibility index (Phi) is 5.48. The number of amides is 1. The highest BCUT2D eigenvalue weighted by Crippen LogP contribution is 2.37. The van der Waals surface area contributed by atoms with Crippen LogP contribution in [0.3, 0.4) is 0 Å². The summed E-state index contributed by atoms with van der Waals surface area (Å²) in [5.74, 6) is 1.26. The monoisotopic (exact) mass is 384 g/mol. The van der Waals surface area contributed by atoms with Gasteiger partial charge in [0.15, 0.2) is 11.5 Å². The molecule has 28 heavy (non-hydrogen) atoms. The van der Waals surface area contributed by atoms with Crippen LogP contribution in [0.4, 0.5) is 4.39 Å². The number of rotatable bonds is 5. The minimum atomic E-state index is -0.276. The van der Waals surface area contributed by atoms with Crippen LogP contribution in [-0.2, 0) is 4.79 Å². The molecule has 0 bridgehead atoms. The van der Waals surface area contributed by atoms with Crippen LogP contribution in [0.5, 0.6) is 11.5 Å². The van der Waals surface area contributed by atoms with Crippen molar-refractivity contribution in [2.45, 2.75) is 31.8 Å². The van der Waals surface area contributed by atoms with Gasteiger partial charge in [0.1, 0.15) is 19.0 Å². The molecule has 2 heterocycles. The lowest BCUT2D eigenvalue weighted by atomic mass is 10.0. The summed E-state index contributed by atoms with van der Waals surface area (Å²) in [6, 6.07) is 12.3. The van der Waals surface area contributed by atoms with E-state index in [1.165, 1.54) is 12.1 Å². The van der Waals surface area contributed by atoms with E-state index in [1.54, 1.807) is 12.1 Å². The van der Waals surface area contributed by atoms with Gasteiger partial charge in [-0.2, -0.15) is 0 Å². The maximum Gasteiger partial charge on any atom is 0.234 e. The van der Waals surface area contributed by atoms with Crippen LogP contribution in [-0.4, -0.2) is 37.1 Å². The lowest BCUT2D eigenvalue weighted by molar-refractivity contribution is -0.123. The molecular weight excluding hydrogens is 359 g/mol. The Hall–Kier alpha value is -2.60. The number of hydrogen-bond donors (Lipinski definition) is 1. The molecule has 0 aliphatic carbocycles. The third-order valence-corrected chi connectivity index (χ3v) is 5.41. The van der Waals surface area contributed by atoms with Gasteiger partial charge >= 0.3 is 0 Å². The number of benzene rings is 2. The third kappa shape index (κ3) is 4.12. The summed E-state index contributed by atoms with van der Waals surface area (Å²) < 4.78 is 24.4. The molecule has 2 aliphatic heterocycles. The van der Waals surface area contributed by atoms with E-state index < -0.39 is 0 Å². The van der Waals surface area contributed by atoms with Crippen molar-refractivity contribution in [2.75, 3.05) is 26.3 Å². The highest BCUT2D eigenvalue weighted by atomic mass is 19.1. The van der Waals surface area contributed by atoms with Crippen molar-refractivity contribution in [3.05, 3.63) is 59.4 Å². The Morgan fingerprint density at radius 3 is 2.71 bits per heavy atom. The van der Waals surface area contributed by atoms with Crippen molar-refractivity contribution in [1.82, 2.24) is 10.2 Å². The van der Waals surface area contributed by atoms with Crippen molar-refractivity contribution in [2.24, 2.45) is 0 Å². The molecule has 1 amide bonds. The molecular formula is C22H25FN2O3. The molecule has 2 aromatic rings. The van der Waals surface area contributed by atoms with Crippen LogP contribution in [0, 0.1) is 5.82 Å². The van der Waals surface area contributed by atoms with Crippen molar-refractivity contribution < 1.29 is 18.7 Å². The van der Waals surface area contributed by atoms with Gasteiger partial charge in [0.05, 0.1) is 12.6 Å². The lowest BCUT2D eigenvalue weighted by Crippen LogP contribution is -2.38. The number of carbonyl (C=O) groups is 1. The largest absolute Gasteiger partial charge is 0.486 e. The number of fused-ring (bicyclic) bond motifs is 1. The Morgan fingerprint density at radius 2 is 1.93 bits per heavy atom. The van der Waals surface area contributed by atoms with Crippen molar-refractivity contribution in [3.8, 4) is 11.5 Å². The normalized spacial score (nSPS) is 20.0. The number of likely N-dealkylation sites (tertiary alicyclic amines) is 1. The number of ether oxygens (including phenoxy) is 2. The summed E-state index contributed by atoms with van der Waals surface area (Å²) in [6.07, 6.45) is 2.07. The van der Waals surface area contributed by atoms with E-state index in [0.717, 1.165) is 42.0 Å². The number of nitrogens with zero attached hydrogens (tertiary/aromatic N) is 1. The van der Waals surface area contributed by atoms with Crippen LogP contribution >= 0.6 is 0 Å². The third-order valence-electron chi connectivity index (χ3n) is 5.41. The Balaban J connectivity index is 1.39. The summed E-state index contributed by atoms with van der Waals surface area (Å²) in [7, 11) is 0. The number of hydrogen-bond acceptors (Lipinski definition) is 4. The van der Waals surface area contributed by atoms with E-state index in [9.17, 15) is 9.18 Å². The molecule has 0 aromatic heterocycles. The Labute approximate surface area is 164 Å². The first-order chi connectivity index (χ1) is 13.6. The highest BCUT2D eigenvalue weighted by molar-refractivity contribution is 5.78. The topological polar surface area (TPSA) is 50.8 Å². The van der Waals surface area contributed by atoms with Crippen LogP contribution < -0.4 is 14.8 Å². The number of carbonyl (C=O) groups excluding carboxylic acids is 1. The molecule has 0 saturated carbocycles. The summed E-state index contributed by atoms with van der Waals surface area (Å²) in [4.78, 5) is 14.8. The summed E-state index contributed by atoms with van der Waals surface area (Å²) in [5.41, 5.74) is 2.04. The van der Waals surface area contributed by atoms with Crippen LogP contribution in [0.2, 0.25) is 0 Å². The molecule has 6 heteroatoms. The summed E-state index contributed by atoms with van der Waals surface area (Å²) >= 11 is 0. The Morgan fingerprint density at radius 1 is 1.18 bits per heavy atom. The quantitative estimate of drug-likeness (QED) is 0.856. The molecule has 148 valence electrons. The maximum atomic E-state index is 13.1. The standard InChI is InChI=1S/C22H25FN2O3/c1-15(16-4-7-18(23)8-5-16)24-22(26)14-25-10-2-3-19(25)17-6-9-20-21(13-17)28-12-11-27-20/h4-9,13,15,19H,2-3,10-12,14H2,1H3,(H,24,26)/t15-,19-/m1/s1. The second-order valence-electron chi connectivity index (χ2n) is 7.37. The predicted molar refractivity (Wildman–Crippen MR) is 104 cm³/mol. The molecule has 2 aliphatic rings. The minimum Gasteiger partial charge on any atom is -0.486 e. The molecule has 5 nitrogen and oxygen atoms in total. The molecule has 1 saturated heterocycles. The summed E-state index contributed by atoms with van der Waals surface area (Å²) in [5, 5.41) is 3.02. The van der Waals surface area contributed by atoms with Gasteiger partial charge in [0.2, 0.25) is 5.91 Å². The maximum absolute atomic E-state index is 13.1. The second kappa shape index (κ2) is 8.19.